The number of aromatic nitrogens is 1. The first-order chi connectivity index (χ1) is 8.10. The van der Waals surface area contributed by atoms with Crippen LogP contribution in [0.5, 0.6) is 0 Å². The lowest BCUT2D eigenvalue weighted by atomic mass is 9.97. The van der Waals surface area contributed by atoms with Crippen molar-refractivity contribution in [3.63, 3.8) is 0 Å². The van der Waals surface area contributed by atoms with Gasteiger partial charge in [0.15, 0.2) is 0 Å². The summed E-state index contributed by atoms with van der Waals surface area (Å²) in [5.41, 5.74) is 0.604. The van der Waals surface area contributed by atoms with Crippen LogP contribution >= 0.6 is 11.3 Å². The lowest BCUT2D eigenvalue weighted by Crippen LogP contribution is -2.30. The maximum absolute atomic E-state index is 10.5. The van der Waals surface area contributed by atoms with Crippen LogP contribution in [0.4, 0.5) is 0 Å². The van der Waals surface area contributed by atoms with Gasteiger partial charge >= 0.3 is 5.97 Å². The molecular formula is C12H17NO3S. The first kappa shape index (κ1) is 12.5. The van der Waals surface area contributed by atoms with Crippen molar-refractivity contribution in [3.05, 3.63) is 16.1 Å². The Morgan fingerprint density at radius 2 is 2.47 bits per heavy atom. The smallest absolute Gasteiger partial charge is 0.303 e. The molecule has 0 amide bonds. The maximum atomic E-state index is 10.5. The van der Waals surface area contributed by atoms with Gasteiger partial charge in [-0.05, 0) is 26.2 Å². The molecule has 0 aliphatic carbocycles. The summed E-state index contributed by atoms with van der Waals surface area (Å²) < 4.78 is 5.82. The minimum Gasteiger partial charge on any atom is -0.481 e. The van der Waals surface area contributed by atoms with Crippen molar-refractivity contribution in [2.75, 3.05) is 6.61 Å². The quantitative estimate of drug-likeness (QED) is 0.898. The van der Waals surface area contributed by atoms with Crippen LogP contribution in [0.25, 0.3) is 0 Å². The Hall–Kier alpha value is -0.940. The zero-order valence-electron chi connectivity index (χ0n) is 9.94. The summed E-state index contributed by atoms with van der Waals surface area (Å²) in [6.45, 7) is 2.87. The van der Waals surface area contributed by atoms with Gasteiger partial charge in [-0.3, -0.25) is 4.79 Å². The summed E-state index contributed by atoms with van der Waals surface area (Å²) in [7, 11) is 0. The van der Waals surface area contributed by atoms with Gasteiger partial charge in [0.05, 0.1) is 12.1 Å². The van der Waals surface area contributed by atoms with Crippen molar-refractivity contribution in [2.45, 2.75) is 44.6 Å². The van der Waals surface area contributed by atoms with E-state index in [1.54, 1.807) is 11.3 Å². The van der Waals surface area contributed by atoms with Crippen LogP contribution in [-0.4, -0.2) is 22.7 Å². The molecule has 94 valence electrons. The number of aryl methyl sites for hydroxylation is 1. The maximum Gasteiger partial charge on any atom is 0.303 e. The molecular weight excluding hydrogens is 238 g/mol. The third kappa shape index (κ3) is 3.04. The summed E-state index contributed by atoms with van der Waals surface area (Å²) in [5.74, 6) is -0.778. The van der Waals surface area contributed by atoms with E-state index in [-0.39, 0.29) is 12.0 Å². The molecule has 1 fully saturated rings. The van der Waals surface area contributed by atoms with E-state index in [1.807, 2.05) is 5.38 Å². The minimum atomic E-state index is -0.778. The Balaban J connectivity index is 2.03. The van der Waals surface area contributed by atoms with Gasteiger partial charge < -0.3 is 9.84 Å². The van der Waals surface area contributed by atoms with Crippen LogP contribution < -0.4 is 0 Å². The first-order valence-corrected chi connectivity index (χ1v) is 6.79. The monoisotopic (exact) mass is 255 g/mol. The highest BCUT2D eigenvalue weighted by molar-refractivity contribution is 7.09. The fourth-order valence-electron chi connectivity index (χ4n) is 2.00. The van der Waals surface area contributed by atoms with Crippen molar-refractivity contribution in [2.24, 2.45) is 0 Å². The Morgan fingerprint density at radius 3 is 3.12 bits per heavy atom. The molecule has 1 aliphatic rings. The Bertz CT molecular complexity index is 396. The largest absolute Gasteiger partial charge is 0.481 e. The second-order valence-corrected chi connectivity index (χ2v) is 5.43. The van der Waals surface area contributed by atoms with Crippen molar-refractivity contribution in [3.8, 4) is 0 Å². The van der Waals surface area contributed by atoms with Crippen LogP contribution in [0.2, 0.25) is 0 Å². The molecule has 1 atom stereocenters. The number of ether oxygens (including phenoxy) is 1. The van der Waals surface area contributed by atoms with Crippen LogP contribution in [0.1, 0.15) is 43.3 Å². The van der Waals surface area contributed by atoms with Gasteiger partial charge in [0, 0.05) is 18.4 Å². The topological polar surface area (TPSA) is 59.4 Å². The number of thiazole rings is 1. The third-order valence-corrected chi connectivity index (χ3v) is 4.20. The van der Waals surface area contributed by atoms with E-state index in [0.29, 0.717) is 6.42 Å². The summed E-state index contributed by atoms with van der Waals surface area (Å²) in [6, 6.07) is 0. The number of hydrogen-bond donors (Lipinski definition) is 1. The highest BCUT2D eigenvalue weighted by Crippen LogP contribution is 2.36. The molecule has 1 aromatic heterocycles. The van der Waals surface area contributed by atoms with Crippen LogP contribution in [0, 0.1) is 0 Å². The third-order valence-electron chi connectivity index (χ3n) is 3.07. The highest BCUT2D eigenvalue weighted by atomic mass is 32.1. The van der Waals surface area contributed by atoms with Crippen molar-refractivity contribution < 1.29 is 14.6 Å². The van der Waals surface area contributed by atoms with E-state index in [1.165, 1.54) is 6.42 Å². The Kier molecular flexibility index (Phi) is 3.79. The molecule has 0 bridgehead atoms. The molecule has 1 aromatic rings. The van der Waals surface area contributed by atoms with Gasteiger partial charge in [0.2, 0.25) is 0 Å². The fourth-order valence-corrected chi connectivity index (χ4v) is 3.00. The minimum absolute atomic E-state index is 0.140. The number of carbonyl (C=O) groups is 1. The Labute approximate surface area is 105 Å². The number of carboxylic acids is 1. The normalized spacial score (nSPS) is 24.8. The molecule has 5 heteroatoms. The van der Waals surface area contributed by atoms with Crippen LogP contribution in [0.15, 0.2) is 5.38 Å². The molecule has 2 rings (SSSR count). The number of nitrogens with zero attached hydrogens (tertiary/aromatic N) is 1. The lowest BCUT2D eigenvalue weighted by Gasteiger charge is -2.31. The molecule has 1 N–H and O–H groups in total. The summed E-state index contributed by atoms with van der Waals surface area (Å²) in [5, 5.41) is 11.6. The van der Waals surface area contributed by atoms with E-state index in [2.05, 4.69) is 11.9 Å². The fraction of sp³-hybridized carbons (Fsp3) is 0.667. The van der Waals surface area contributed by atoms with Gasteiger partial charge in [-0.15, -0.1) is 11.3 Å². The van der Waals surface area contributed by atoms with E-state index in [9.17, 15) is 4.79 Å². The number of carboxylic acid groups (broad SMARTS) is 1. The van der Waals surface area contributed by atoms with E-state index in [0.717, 1.165) is 30.2 Å². The van der Waals surface area contributed by atoms with Gasteiger partial charge in [-0.25, -0.2) is 4.98 Å². The molecule has 4 nitrogen and oxygen atoms in total. The molecule has 1 unspecified atom stereocenters. The molecule has 1 aliphatic heterocycles. The predicted molar refractivity (Wildman–Crippen MR) is 65.2 cm³/mol. The number of hydrogen-bond acceptors (Lipinski definition) is 4. The van der Waals surface area contributed by atoms with Crippen LogP contribution in [-0.2, 0) is 21.6 Å². The number of aliphatic carboxylic acids is 1. The standard InChI is InChI=1S/C12H17NO3S/c1-12(6-2-3-7-16-12)11-13-9(8-17-11)4-5-10(14)15/h8H,2-7H2,1H3,(H,14,15). The van der Waals surface area contributed by atoms with Gasteiger partial charge in [-0.2, -0.15) is 0 Å². The molecule has 0 aromatic carbocycles. The lowest BCUT2D eigenvalue weighted by molar-refractivity contribution is -0.136. The molecule has 17 heavy (non-hydrogen) atoms. The van der Waals surface area contributed by atoms with Gasteiger partial charge in [0.1, 0.15) is 10.6 Å². The van der Waals surface area contributed by atoms with E-state index in [4.69, 9.17) is 9.84 Å². The SMILES string of the molecule is CC1(c2nc(CCC(=O)O)cs2)CCCCO1. The highest BCUT2D eigenvalue weighted by Gasteiger charge is 2.32. The average Bonchev–Trinajstić information content (AvgIpc) is 2.76. The van der Waals surface area contributed by atoms with Crippen molar-refractivity contribution in [1.29, 1.82) is 0 Å². The Morgan fingerprint density at radius 1 is 1.65 bits per heavy atom. The zero-order valence-corrected chi connectivity index (χ0v) is 10.8. The van der Waals surface area contributed by atoms with E-state index < -0.39 is 5.97 Å². The molecule has 2 heterocycles. The zero-order chi connectivity index (χ0) is 12.3. The molecule has 0 saturated carbocycles. The van der Waals surface area contributed by atoms with Crippen LogP contribution in [0.3, 0.4) is 0 Å². The van der Waals surface area contributed by atoms with Crippen molar-refractivity contribution in [1.82, 2.24) is 4.98 Å². The molecule has 1 saturated heterocycles. The second kappa shape index (κ2) is 5.14. The summed E-state index contributed by atoms with van der Waals surface area (Å²) >= 11 is 1.58. The average molecular weight is 255 g/mol. The molecule has 0 spiro atoms. The van der Waals surface area contributed by atoms with Gasteiger partial charge in [-0.1, -0.05) is 0 Å². The summed E-state index contributed by atoms with van der Waals surface area (Å²) in [4.78, 5) is 15.0. The van der Waals surface area contributed by atoms with Crippen molar-refractivity contribution >= 4 is 17.3 Å². The number of rotatable bonds is 4. The first-order valence-electron chi connectivity index (χ1n) is 5.91. The van der Waals surface area contributed by atoms with E-state index >= 15 is 0 Å². The second-order valence-electron chi connectivity index (χ2n) is 4.57. The summed E-state index contributed by atoms with van der Waals surface area (Å²) in [6.07, 6.45) is 3.93. The molecule has 0 radical (unpaired) electrons. The predicted octanol–water partition coefficient (Wildman–Crippen LogP) is 2.58. The van der Waals surface area contributed by atoms with Gasteiger partial charge in [0.25, 0.3) is 0 Å².